The molecule has 0 aliphatic heterocycles. The minimum absolute atomic E-state index is 0.261. The Kier molecular flexibility index (Phi) is 3.05. The zero-order valence-electron chi connectivity index (χ0n) is 12.0. The second-order valence-corrected chi connectivity index (χ2v) is 6.13. The third kappa shape index (κ3) is 1.75. The van der Waals surface area contributed by atoms with Crippen molar-refractivity contribution in [2.45, 2.75) is 6.92 Å². The van der Waals surface area contributed by atoms with Crippen LogP contribution >= 0.6 is 15.9 Å². The average Bonchev–Trinajstić information content (AvgIpc) is 2.87. The van der Waals surface area contributed by atoms with Crippen molar-refractivity contribution in [2.24, 2.45) is 0 Å². The Bertz CT molecular complexity index is 928. The van der Waals surface area contributed by atoms with Crippen molar-refractivity contribution in [3.05, 3.63) is 58.6 Å². The molecule has 0 fully saturated rings. The molecule has 108 valence electrons. The highest BCUT2D eigenvalue weighted by molar-refractivity contribution is 9.10. The number of hydrogen-bond acceptors (Lipinski definition) is 2. The first-order valence-corrected chi connectivity index (χ1v) is 8.03. The Hall–Kier alpha value is -2.13. The third-order valence-electron chi connectivity index (χ3n) is 4.11. The summed E-state index contributed by atoms with van der Waals surface area (Å²) in [5.74, 6) is -0.261. The van der Waals surface area contributed by atoms with Crippen molar-refractivity contribution >= 4 is 32.7 Å². The molecule has 3 heteroatoms. The van der Waals surface area contributed by atoms with Crippen molar-refractivity contribution in [1.82, 2.24) is 0 Å². The van der Waals surface area contributed by atoms with Crippen molar-refractivity contribution in [1.29, 1.82) is 0 Å². The van der Waals surface area contributed by atoms with Gasteiger partial charge in [-0.15, -0.1) is 0 Å². The van der Waals surface area contributed by atoms with Gasteiger partial charge in [-0.3, -0.25) is 0 Å². The van der Waals surface area contributed by atoms with Crippen molar-refractivity contribution < 1.29 is 9.53 Å². The van der Waals surface area contributed by atoms with Gasteiger partial charge in [0.1, 0.15) is 0 Å². The Labute approximate surface area is 136 Å². The van der Waals surface area contributed by atoms with E-state index in [2.05, 4.69) is 46.3 Å². The third-order valence-corrected chi connectivity index (χ3v) is 4.80. The lowest BCUT2D eigenvalue weighted by molar-refractivity contribution is 0.0527. The fourth-order valence-corrected chi connectivity index (χ4v) is 3.71. The van der Waals surface area contributed by atoms with Gasteiger partial charge in [0.15, 0.2) is 0 Å². The molecule has 0 radical (unpaired) electrons. The van der Waals surface area contributed by atoms with Crippen molar-refractivity contribution in [2.75, 3.05) is 6.61 Å². The molecule has 1 aliphatic carbocycles. The minimum atomic E-state index is -0.261. The summed E-state index contributed by atoms with van der Waals surface area (Å²) >= 11 is 3.62. The van der Waals surface area contributed by atoms with E-state index in [1.807, 2.05) is 25.1 Å². The summed E-state index contributed by atoms with van der Waals surface area (Å²) in [6.45, 7) is 2.21. The summed E-state index contributed by atoms with van der Waals surface area (Å²) in [5.41, 5.74) is 5.01. The van der Waals surface area contributed by atoms with Gasteiger partial charge in [-0.2, -0.15) is 0 Å². The molecule has 1 aliphatic rings. The van der Waals surface area contributed by atoms with E-state index in [9.17, 15) is 4.79 Å². The molecule has 0 bridgehead atoms. The van der Waals surface area contributed by atoms with Gasteiger partial charge in [0, 0.05) is 10.0 Å². The highest BCUT2D eigenvalue weighted by atomic mass is 79.9. The van der Waals surface area contributed by atoms with Crippen LogP contribution in [0.15, 0.2) is 53.0 Å². The van der Waals surface area contributed by atoms with Gasteiger partial charge >= 0.3 is 5.97 Å². The molecule has 0 N–H and O–H groups in total. The van der Waals surface area contributed by atoms with Gasteiger partial charge < -0.3 is 4.74 Å². The molecule has 0 atom stereocenters. The lowest BCUT2D eigenvalue weighted by Gasteiger charge is -2.09. The fourth-order valence-electron chi connectivity index (χ4n) is 3.25. The average molecular weight is 353 g/mol. The van der Waals surface area contributed by atoms with Gasteiger partial charge in [0.25, 0.3) is 0 Å². The van der Waals surface area contributed by atoms with Crippen LogP contribution in [0.25, 0.3) is 33.0 Å². The predicted octanol–water partition coefficient (Wildman–Crippen LogP) is 5.43. The SMILES string of the molecule is CCOC(=O)c1cccc2c1-c1cccc3c(Br)ccc-2c13. The van der Waals surface area contributed by atoms with Crippen LogP contribution in [0.5, 0.6) is 0 Å². The molecule has 2 nitrogen and oxygen atoms in total. The first-order chi connectivity index (χ1) is 10.7. The van der Waals surface area contributed by atoms with E-state index in [1.165, 1.54) is 16.3 Å². The van der Waals surface area contributed by atoms with Crippen LogP contribution in [0.2, 0.25) is 0 Å². The predicted molar refractivity (Wildman–Crippen MR) is 92.0 cm³/mol. The number of halogens is 1. The Morgan fingerprint density at radius 3 is 2.59 bits per heavy atom. The molecule has 0 unspecified atom stereocenters. The Balaban J connectivity index is 2.09. The number of esters is 1. The number of carbonyl (C=O) groups excluding carboxylic acids is 1. The van der Waals surface area contributed by atoms with Gasteiger partial charge in [0.05, 0.1) is 12.2 Å². The molecule has 0 amide bonds. The molecule has 0 spiro atoms. The van der Waals surface area contributed by atoms with E-state index in [0.717, 1.165) is 21.2 Å². The van der Waals surface area contributed by atoms with Gasteiger partial charge in [-0.05, 0) is 46.5 Å². The van der Waals surface area contributed by atoms with Crippen LogP contribution < -0.4 is 0 Å². The quantitative estimate of drug-likeness (QED) is 0.450. The number of hydrogen-bond donors (Lipinski definition) is 0. The summed E-state index contributed by atoms with van der Waals surface area (Å²) in [7, 11) is 0. The summed E-state index contributed by atoms with van der Waals surface area (Å²) in [6.07, 6.45) is 0. The topological polar surface area (TPSA) is 26.3 Å². The number of fused-ring (bicyclic) bond motifs is 3. The van der Waals surface area contributed by atoms with E-state index in [-0.39, 0.29) is 5.97 Å². The van der Waals surface area contributed by atoms with E-state index >= 15 is 0 Å². The summed E-state index contributed by atoms with van der Waals surface area (Å²) in [4.78, 5) is 12.3. The number of rotatable bonds is 2. The van der Waals surface area contributed by atoms with E-state index in [0.29, 0.717) is 12.2 Å². The van der Waals surface area contributed by atoms with Gasteiger partial charge in [-0.1, -0.05) is 52.3 Å². The molecule has 4 rings (SSSR count). The van der Waals surface area contributed by atoms with Gasteiger partial charge in [-0.25, -0.2) is 4.79 Å². The molecule has 0 heterocycles. The molecular formula is C19H13BrO2. The molecule has 22 heavy (non-hydrogen) atoms. The Morgan fingerprint density at radius 2 is 1.77 bits per heavy atom. The summed E-state index contributed by atoms with van der Waals surface area (Å²) in [5, 5.41) is 2.37. The van der Waals surface area contributed by atoms with E-state index < -0.39 is 0 Å². The smallest absolute Gasteiger partial charge is 0.338 e. The molecule has 3 aromatic carbocycles. The molecular weight excluding hydrogens is 340 g/mol. The maximum Gasteiger partial charge on any atom is 0.338 e. The highest BCUT2D eigenvalue weighted by Crippen LogP contribution is 2.49. The first-order valence-electron chi connectivity index (χ1n) is 7.24. The highest BCUT2D eigenvalue weighted by Gasteiger charge is 2.26. The van der Waals surface area contributed by atoms with Crippen LogP contribution in [0.4, 0.5) is 0 Å². The molecule has 0 saturated heterocycles. The maximum atomic E-state index is 12.3. The lowest BCUT2D eigenvalue weighted by Crippen LogP contribution is -2.06. The lowest BCUT2D eigenvalue weighted by atomic mass is 9.98. The molecule has 3 aromatic rings. The summed E-state index contributed by atoms with van der Waals surface area (Å²) in [6, 6.07) is 16.2. The zero-order chi connectivity index (χ0) is 15.3. The number of benzene rings is 3. The van der Waals surface area contributed by atoms with Crippen LogP contribution in [0, 0.1) is 0 Å². The van der Waals surface area contributed by atoms with Gasteiger partial charge in [0.2, 0.25) is 0 Å². The second kappa shape index (κ2) is 4.96. The second-order valence-electron chi connectivity index (χ2n) is 5.27. The first kappa shape index (κ1) is 13.5. The van der Waals surface area contributed by atoms with Crippen molar-refractivity contribution in [3.8, 4) is 22.3 Å². The van der Waals surface area contributed by atoms with Crippen LogP contribution in [0.1, 0.15) is 17.3 Å². The summed E-state index contributed by atoms with van der Waals surface area (Å²) < 4.78 is 6.29. The minimum Gasteiger partial charge on any atom is -0.462 e. The molecule has 0 saturated carbocycles. The van der Waals surface area contributed by atoms with Crippen LogP contribution in [-0.2, 0) is 4.74 Å². The van der Waals surface area contributed by atoms with E-state index in [1.54, 1.807) is 0 Å². The largest absolute Gasteiger partial charge is 0.462 e. The number of carbonyl (C=O) groups is 1. The number of ether oxygens (including phenoxy) is 1. The maximum absolute atomic E-state index is 12.3. The van der Waals surface area contributed by atoms with Crippen LogP contribution in [0.3, 0.4) is 0 Å². The van der Waals surface area contributed by atoms with E-state index in [4.69, 9.17) is 4.74 Å². The normalized spacial score (nSPS) is 11.5. The molecule has 0 aromatic heterocycles. The Morgan fingerprint density at radius 1 is 1.00 bits per heavy atom. The fraction of sp³-hybridized carbons (Fsp3) is 0.105. The standard InChI is InChI=1S/C19H13BrO2/c1-2-22-19(21)15-8-3-5-11-12-9-10-16(20)13-6-4-7-14(17(12)13)18(11)15/h3-10H,2H2,1H3. The zero-order valence-corrected chi connectivity index (χ0v) is 13.6. The van der Waals surface area contributed by atoms with Crippen molar-refractivity contribution in [3.63, 3.8) is 0 Å². The monoisotopic (exact) mass is 352 g/mol. The van der Waals surface area contributed by atoms with Crippen LogP contribution in [-0.4, -0.2) is 12.6 Å².